The average molecular weight is 322 g/mol. The number of hydrogen-bond acceptors (Lipinski definition) is 5. The van der Waals surface area contributed by atoms with Gasteiger partial charge in [-0.15, -0.1) is 0 Å². The van der Waals surface area contributed by atoms with E-state index in [0.717, 1.165) is 5.56 Å². The lowest BCUT2D eigenvalue weighted by Crippen LogP contribution is -2.18. The van der Waals surface area contributed by atoms with Crippen LogP contribution in [0.15, 0.2) is 48.8 Å². The van der Waals surface area contributed by atoms with Gasteiger partial charge in [0.05, 0.1) is 6.61 Å². The minimum Gasteiger partial charge on any atom is -0.465 e. The van der Waals surface area contributed by atoms with E-state index in [9.17, 15) is 4.79 Å². The Bertz CT molecular complexity index is 856. The molecule has 0 aliphatic carbocycles. The fourth-order valence-electron chi connectivity index (χ4n) is 2.30. The van der Waals surface area contributed by atoms with Gasteiger partial charge < -0.3 is 10.1 Å². The smallest absolute Gasteiger partial charge is 0.325 e. The first-order valence-electron chi connectivity index (χ1n) is 7.73. The summed E-state index contributed by atoms with van der Waals surface area (Å²) in [5.74, 6) is 0.962. The number of nitrogens with zero attached hydrogens (tertiary/aromatic N) is 3. The van der Waals surface area contributed by atoms with Gasteiger partial charge in [0.2, 0.25) is 5.78 Å². The van der Waals surface area contributed by atoms with Crippen LogP contribution in [0.5, 0.6) is 0 Å². The molecule has 0 aliphatic heterocycles. The molecule has 0 saturated carbocycles. The van der Waals surface area contributed by atoms with Gasteiger partial charge in [-0.2, -0.15) is 0 Å². The summed E-state index contributed by atoms with van der Waals surface area (Å²) >= 11 is 0. The molecule has 0 radical (unpaired) electrons. The van der Waals surface area contributed by atoms with Crippen LogP contribution in [0.1, 0.15) is 18.2 Å². The molecule has 122 valence electrons. The van der Waals surface area contributed by atoms with Crippen LogP contribution >= 0.6 is 0 Å². The number of aromatic nitrogens is 3. The van der Waals surface area contributed by atoms with Crippen LogP contribution in [0, 0.1) is 0 Å². The third-order valence-corrected chi connectivity index (χ3v) is 3.37. The Morgan fingerprint density at radius 1 is 1.25 bits per heavy atom. The molecule has 6 nitrogen and oxygen atoms in total. The summed E-state index contributed by atoms with van der Waals surface area (Å²) in [6.07, 6.45) is 7.40. The van der Waals surface area contributed by atoms with Gasteiger partial charge in [-0.1, -0.05) is 36.4 Å². The predicted octanol–water partition coefficient (Wildman–Crippen LogP) is 2.87. The van der Waals surface area contributed by atoms with Gasteiger partial charge in [-0.3, -0.25) is 9.20 Å². The third kappa shape index (κ3) is 3.60. The summed E-state index contributed by atoms with van der Waals surface area (Å²) in [6, 6.07) is 11.8. The van der Waals surface area contributed by atoms with Crippen LogP contribution < -0.4 is 5.32 Å². The number of carbonyl (C=O) groups is 1. The maximum atomic E-state index is 11.6. The normalized spacial score (nSPS) is 11.0. The third-order valence-electron chi connectivity index (χ3n) is 3.37. The minimum atomic E-state index is -0.311. The van der Waals surface area contributed by atoms with Gasteiger partial charge in [0.1, 0.15) is 18.1 Å². The van der Waals surface area contributed by atoms with Crippen LogP contribution in [-0.2, 0) is 9.53 Å². The Morgan fingerprint density at radius 3 is 2.88 bits per heavy atom. The fraction of sp³-hybridized carbons (Fsp3) is 0.167. The largest absolute Gasteiger partial charge is 0.465 e. The van der Waals surface area contributed by atoms with E-state index in [1.807, 2.05) is 59.1 Å². The Labute approximate surface area is 139 Å². The molecule has 0 atom stereocenters. The number of anilines is 1. The van der Waals surface area contributed by atoms with Crippen molar-refractivity contribution in [2.75, 3.05) is 18.5 Å². The van der Waals surface area contributed by atoms with Gasteiger partial charge >= 0.3 is 5.97 Å². The number of nitrogens with one attached hydrogen (secondary N) is 1. The predicted molar refractivity (Wildman–Crippen MR) is 93.5 cm³/mol. The molecule has 3 rings (SSSR count). The highest BCUT2D eigenvalue weighted by Gasteiger charge is 2.12. The highest BCUT2D eigenvalue weighted by atomic mass is 16.5. The van der Waals surface area contributed by atoms with Gasteiger partial charge in [-0.25, -0.2) is 9.97 Å². The molecular formula is C18H18N4O2. The van der Waals surface area contributed by atoms with Gasteiger partial charge in [0.25, 0.3) is 0 Å². The van der Waals surface area contributed by atoms with Crippen LogP contribution in [0.2, 0.25) is 0 Å². The molecule has 2 aromatic heterocycles. The number of rotatable bonds is 6. The van der Waals surface area contributed by atoms with E-state index in [1.165, 1.54) is 0 Å². The zero-order valence-corrected chi connectivity index (χ0v) is 13.3. The quantitative estimate of drug-likeness (QED) is 0.707. The average Bonchev–Trinajstić information content (AvgIpc) is 2.97. The van der Waals surface area contributed by atoms with Crippen molar-refractivity contribution in [1.82, 2.24) is 14.4 Å². The standard InChI is InChI=1S/C18H18N4O2/c1-2-24-16(23)13-20-17-15(10-9-14-7-4-3-5-8-14)21-18-19-11-6-12-22(17)18/h3-12,20H,2,13H2,1H3/b10-9+. The highest BCUT2D eigenvalue weighted by Crippen LogP contribution is 2.19. The molecule has 0 saturated heterocycles. The topological polar surface area (TPSA) is 68.5 Å². The lowest BCUT2D eigenvalue weighted by molar-refractivity contribution is -0.140. The van der Waals surface area contributed by atoms with Gasteiger partial charge in [-0.05, 0) is 24.6 Å². The van der Waals surface area contributed by atoms with Crippen molar-refractivity contribution in [2.45, 2.75) is 6.92 Å². The van der Waals surface area contributed by atoms with Crippen LogP contribution in [0.3, 0.4) is 0 Å². The summed E-state index contributed by atoms with van der Waals surface area (Å²) in [7, 11) is 0. The van der Waals surface area contributed by atoms with Crippen molar-refractivity contribution < 1.29 is 9.53 Å². The molecule has 6 heteroatoms. The fourth-order valence-corrected chi connectivity index (χ4v) is 2.30. The second-order valence-corrected chi connectivity index (χ2v) is 5.04. The zero-order valence-electron chi connectivity index (χ0n) is 13.3. The first-order chi connectivity index (χ1) is 11.8. The number of carbonyl (C=O) groups excluding carboxylic acids is 1. The summed E-state index contributed by atoms with van der Waals surface area (Å²) in [5.41, 5.74) is 1.78. The molecule has 0 amide bonds. The molecule has 0 spiro atoms. The maximum absolute atomic E-state index is 11.6. The monoisotopic (exact) mass is 322 g/mol. The van der Waals surface area contributed by atoms with Crippen molar-refractivity contribution in [3.63, 3.8) is 0 Å². The number of hydrogen-bond donors (Lipinski definition) is 1. The molecule has 0 bridgehead atoms. The summed E-state index contributed by atoms with van der Waals surface area (Å²) < 4.78 is 6.77. The van der Waals surface area contributed by atoms with Gasteiger partial charge in [0.15, 0.2) is 0 Å². The zero-order chi connectivity index (χ0) is 16.8. The van der Waals surface area contributed by atoms with Crippen molar-refractivity contribution in [1.29, 1.82) is 0 Å². The van der Waals surface area contributed by atoms with Crippen molar-refractivity contribution >= 4 is 29.7 Å². The number of fused-ring (bicyclic) bond motifs is 1. The number of imidazole rings is 1. The van der Waals surface area contributed by atoms with E-state index in [4.69, 9.17) is 4.74 Å². The lowest BCUT2D eigenvalue weighted by Gasteiger charge is -2.06. The first kappa shape index (κ1) is 15.7. The van der Waals surface area contributed by atoms with Crippen molar-refractivity contribution in [3.8, 4) is 0 Å². The second kappa shape index (κ2) is 7.41. The van der Waals surface area contributed by atoms with E-state index in [2.05, 4.69) is 15.3 Å². The van der Waals surface area contributed by atoms with E-state index >= 15 is 0 Å². The van der Waals surface area contributed by atoms with Crippen molar-refractivity contribution in [2.24, 2.45) is 0 Å². The van der Waals surface area contributed by atoms with E-state index in [-0.39, 0.29) is 12.5 Å². The van der Waals surface area contributed by atoms with E-state index < -0.39 is 0 Å². The SMILES string of the molecule is CCOC(=O)CNc1c(/C=C/c2ccccc2)nc2ncccn12. The van der Waals surface area contributed by atoms with E-state index in [0.29, 0.717) is 23.9 Å². The van der Waals surface area contributed by atoms with Crippen LogP contribution in [-0.4, -0.2) is 33.5 Å². The Kier molecular flexibility index (Phi) is 4.86. The highest BCUT2D eigenvalue weighted by molar-refractivity contribution is 5.79. The molecule has 1 aromatic carbocycles. The number of esters is 1. The van der Waals surface area contributed by atoms with Gasteiger partial charge in [0, 0.05) is 12.4 Å². The Hall–Kier alpha value is -3.15. The number of ether oxygens (including phenoxy) is 1. The molecule has 0 fully saturated rings. The van der Waals surface area contributed by atoms with Crippen molar-refractivity contribution in [3.05, 3.63) is 60.0 Å². The molecule has 24 heavy (non-hydrogen) atoms. The van der Waals surface area contributed by atoms with E-state index in [1.54, 1.807) is 13.1 Å². The van der Waals surface area contributed by atoms with Crippen LogP contribution in [0.4, 0.5) is 5.82 Å². The lowest BCUT2D eigenvalue weighted by atomic mass is 10.2. The molecular weight excluding hydrogens is 304 g/mol. The Morgan fingerprint density at radius 2 is 2.08 bits per heavy atom. The molecule has 2 heterocycles. The molecule has 0 aliphatic rings. The molecule has 1 N–H and O–H groups in total. The first-order valence-corrected chi connectivity index (χ1v) is 7.73. The number of benzene rings is 1. The Balaban J connectivity index is 1.90. The minimum absolute atomic E-state index is 0.0721. The maximum Gasteiger partial charge on any atom is 0.325 e. The molecule has 0 unspecified atom stereocenters. The second-order valence-electron chi connectivity index (χ2n) is 5.04. The summed E-state index contributed by atoms with van der Waals surface area (Å²) in [5, 5.41) is 3.09. The summed E-state index contributed by atoms with van der Waals surface area (Å²) in [4.78, 5) is 20.4. The molecule has 3 aromatic rings. The summed E-state index contributed by atoms with van der Waals surface area (Å²) in [6.45, 7) is 2.21. The van der Waals surface area contributed by atoms with Crippen LogP contribution in [0.25, 0.3) is 17.9 Å².